The van der Waals surface area contributed by atoms with Gasteiger partial charge >= 0.3 is 0 Å². The Labute approximate surface area is 154 Å². The summed E-state index contributed by atoms with van der Waals surface area (Å²) in [6.45, 7) is 5.65. The molecule has 1 saturated heterocycles. The Morgan fingerprint density at radius 1 is 1.23 bits per heavy atom. The van der Waals surface area contributed by atoms with Crippen LogP contribution >= 0.6 is 0 Å². The summed E-state index contributed by atoms with van der Waals surface area (Å²) in [6, 6.07) is 5.82. The van der Waals surface area contributed by atoms with E-state index in [2.05, 4.69) is 16.3 Å². The van der Waals surface area contributed by atoms with Crippen molar-refractivity contribution in [2.45, 2.75) is 39.0 Å². The van der Waals surface area contributed by atoms with Gasteiger partial charge in [0.15, 0.2) is 0 Å². The van der Waals surface area contributed by atoms with Crippen LogP contribution in [0.4, 0.5) is 0 Å². The van der Waals surface area contributed by atoms with Crippen LogP contribution in [0.1, 0.15) is 53.8 Å². The number of likely N-dealkylation sites (tertiary alicyclic amines) is 1. The Morgan fingerprint density at radius 2 is 1.92 bits per heavy atom. The van der Waals surface area contributed by atoms with Gasteiger partial charge in [0.2, 0.25) is 5.88 Å². The molecule has 0 atom stereocenters. The molecule has 6 nitrogen and oxygen atoms in total. The molecule has 3 heterocycles. The lowest BCUT2D eigenvalue weighted by Gasteiger charge is -2.19. The molecule has 26 heavy (non-hydrogen) atoms. The maximum absolute atomic E-state index is 12.6. The van der Waals surface area contributed by atoms with Crippen molar-refractivity contribution in [2.24, 2.45) is 0 Å². The van der Waals surface area contributed by atoms with E-state index in [9.17, 15) is 10.1 Å². The highest BCUT2D eigenvalue weighted by Gasteiger charge is 2.24. The highest BCUT2D eigenvalue weighted by molar-refractivity contribution is 5.98. The van der Waals surface area contributed by atoms with E-state index < -0.39 is 0 Å². The lowest BCUT2D eigenvalue weighted by atomic mass is 10.1. The molecule has 0 spiro atoms. The van der Waals surface area contributed by atoms with Crippen LogP contribution in [0.3, 0.4) is 0 Å². The number of nitriles is 1. The van der Waals surface area contributed by atoms with Crippen LogP contribution in [0, 0.1) is 18.3 Å². The molecule has 0 aliphatic carbocycles. The van der Waals surface area contributed by atoms with E-state index in [1.54, 1.807) is 23.9 Å². The van der Waals surface area contributed by atoms with E-state index in [0.29, 0.717) is 23.8 Å². The van der Waals surface area contributed by atoms with Crippen LogP contribution in [0.15, 0.2) is 28.9 Å². The van der Waals surface area contributed by atoms with Gasteiger partial charge in [-0.25, -0.2) is 0 Å². The van der Waals surface area contributed by atoms with E-state index in [-0.39, 0.29) is 11.5 Å². The third kappa shape index (κ3) is 4.17. The molecule has 2 aromatic heterocycles. The Kier molecular flexibility index (Phi) is 6.13. The van der Waals surface area contributed by atoms with E-state index in [4.69, 9.17) is 4.42 Å². The first-order valence-electron chi connectivity index (χ1n) is 9.38. The van der Waals surface area contributed by atoms with E-state index in [1.807, 2.05) is 12.1 Å². The molecule has 6 heteroatoms. The van der Waals surface area contributed by atoms with E-state index >= 15 is 0 Å². The SMILES string of the molecule is Cc1oc(-n2cccc2)c(C#N)c1C(=O)NCCCN1CCCCCC1. The maximum Gasteiger partial charge on any atom is 0.256 e. The van der Waals surface area contributed by atoms with Crippen LogP contribution in [-0.2, 0) is 0 Å². The first-order valence-corrected chi connectivity index (χ1v) is 9.38. The number of hydrogen-bond donors (Lipinski definition) is 1. The van der Waals surface area contributed by atoms with E-state index in [1.165, 1.54) is 25.7 Å². The zero-order valence-electron chi connectivity index (χ0n) is 15.3. The normalized spacial score (nSPS) is 15.4. The third-order valence-corrected chi connectivity index (χ3v) is 4.88. The van der Waals surface area contributed by atoms with Crippen LogP contribution in [0.5, 0.6) is 0 Å². The topological polar surface area (TPSA) is 74.2 Å². The summed E-state index contributed by atoms with van der Waals surface area (Å²) < 4.78 is 7.40. The Hall–Kier alpha value is -2.52. The van der Waals surface area contributed by atoms with Gasteiger partial charge in [0.25, 0.3) is 5.91 Å². The second-order valence-electron chi connectivity index (χ2n) is 6.78. The van der Waals surface area contributed by atoms with Gasteiger partial charge in [0, 0.05) is 18.9 Å². The van der Waals surface area contributed by atoms with Crippen molar-refractivity contribution < 1.29 is 9.21 Å². The largest absolute Gasteiger partial charge is 0.443 e. The second kappa shape index (κ2) is 8.72. The number of furan rings is 1. The number of aromatic nitrogens is 1. The molecule has 0 aromatic carbocycles. The lowest BCUT2D eigenvalue weighted by molar-refractivity contribution is 0.0950. The van der Waals surface area contributed by atoms with Gasteiger partial charge in [-0.2, -0.15) is 5.26 Å². The number of carbonyl (C=O) groups is 1. The molecule has 1 amide bonds. The zero-order valence-corrected chi connectivity index (χ0v) is 15.3. The molecule has 3 rings (SSSR count). The smallest absolute Gasteiger partial charge is 0.256 e. The number of carbonyl (C=O) groups excluding carboxylic acids is 1. The predicted molar refractivity (Wildman–Crippen MR) is 99.3 cm³/mol. The summed E-state index contributed by atoms with van der Waals surface area (Å²) in [5.41, 5.74) is 0.620. The average molecular weight is 354 g/mol. The molecule has 1 N–H and O–H groups in total. The van der Waals surface area contributed by atoms with Crippen molar-refractivity contribution >= 4 is 5.91 Å². The first kappa shape index (κ1) is 18.3. The lowest BCUT2D eigenvalue weighted by Crippen LogP contribution is -2.31. The summed E-state index contributed by atoms with van der Waals surface area (Å²) in [5.74, 6) is 0.622. The fourth-order valence-corrected chi connectivity index (χ4v) is 3.51. The number of nitrogens with zero attached hydrogens (tertiary/aromatic N) is 3. The highest BCUT2D eigenvalue weighted by atomic mass is 16.4. The minimum Gasteiger partial charge on any atom is -0.443 e. The Morgan fingerprint density at radius 3 is 2.58 bits per heavy atom. The number of amides is 1. The van der Waals surface area contributed by atoms with Gasteiger partial charge in [-0.15, -0.1) is 0 Å². The molecule has 2 aromatic rings. The van der Waals surface area contributed by atoms with Crippen molar-refractivity contribution in [3.8, 4) is 12.0 Å². The van der Waals surface area contributed by atoms with Crippen molar-refractivity contribution in [3.63, 3.8) is 0 Å². The predicted octanol–water partition coefficient (Wildman–Crippen LogP) is 3.25. The summed E-state index contributed by atoms with van der Waals surface area (Å²) >= 11 is 0. The number of rotatable bonds is 6. The molecule has 0 bridgehead atoms. The van der Waals surface area contributed by atoms with Crippen LogP contribution in [-0.4, -0.2) is 41.6 Å². The van der Waals surface area contributed by atoms with Gasteiger partial charge < -0.3 is 14.6 Å². The zero-order chi connectivity index (χ0) is 18.4. The second-order valence-corrected chi connectivity index (χ2v) is 6.78. The number of hydrogen-bond acceptors (Lipinski definition) is 4. The monoisotopic (exact) mass is 354 g/mol. The molecule has 0 saturated carbocycles. The van der Waals surface area contributed by atoms with Gasteiger partial charge in [-0.05, 0) is 58.0 Å². The van der Waals surface area contributed by atoms with Crippen LogP contribution < -0.4 is 5.32 Å². The Balaban J connectivity index is 1.59. The van der Waals surface area contributed by atoms with Crippen molar-refractivity contribution in [2.75, 3.05) is 26.2 Å². The van der Waals surface area contributed by atoms with Gasteiger partial charge in [-0.3, -0.25) is 9.36 Å². The number of aryl methyl sites for hydroxylation is 1. The van der Waals surface area contributed by atoms with Crippen LogP contribution in [0.2, 0.25) is 0 Å². The van der Waals surface area contributed by atoms with Crippen molar-refractivity contribution in [3.05, 3.63) is 41.4 Å². The Bertz CT molecular complexity index is 763. The third-order valence-electron chi connectivity index (χ3n) is 4.88. The summed E-state index contributed by atoms with van der Waals surface area (Å²) in [4.78, 5) is 15.1. The fourth-order valence-electron chi connectivity index (χ4n) is 3.51. The van der Waals surface area contributed by atoms with Crippen molar-refractivity contribution in [1.82, 2.24) is 14.8 Å². The van der Waals surface area contributed by atoms with Crippen molar-refractivity contribution in [1.29, 1.82) is 5.26 Å². The van der Waals surface area contributed by atoms with Gasteiger partial charge in [0.05, 0.1) is 0 Å². The molecule has 1 aliphatic rings. The molecule has 1 aliphatic heterocycles. The summed E-state index contributed by atoms with van der Waals surface area (Å²) in [6.07, 6.45) is 9.70. The van der Waals surface area contributed by atoms with Gasteiger partial charge in [0.1, 0.15) is 23.0 Å². The minimum atomic E-state index is -0.239. The van der Waals surface area contributed by atoms with Crippen LogP contribution in [0.25, 0.3) is 5.88 Å². The first-order chi connectivity index (χ1) is 12.7. The average Bonchev–Trinajstić information content (AvgIpc) is 3.19. The van der Waals surface area contributed by atoms with E-state index in [0.717, 1.165) is 26.1 Å². The molecular weight excluding hydrogens is 328 g/mol. The fraction of sp³-hybridized carbons (Fsp3) is 0.500. The minimum absolute atomic E-state index is 0.239. The summed E-state index contributed by atoms with van der Waals surface area (Å²) in [5, 5.41) is 12.5. The maximum atomic E-state index is 12.6. The standard InChI is InChI=1S/C20H26N4O2/c1-16-18(17(15-21)20(26-16)24-13-6-7-14-24)19(25)22-9-8-12-23-10-4-2-3-5-11-23/h6-7,13-14H,2-5,8-12H2,1H3,(H,22,25). The number of nitrogens with one attached hydrogen (secondary N) is 1. The quantitative estimate of drug-likeness (QED) is 0.808. The molecule has 138 valence electrons. The highest BCUT2D eigenvalue weighted by Crippen LogP contribution is 2.25. The molecule has 1 fully saturated rings. The molecular formula is C20H26N4O2. The molecule has 0 radical (unpaired) electrons. The van der Waals surface area contributed by atoms with Gasteiger partial charge in [-0.1, -0.05) is 12.8 Å². The molecule has 0 unspecified atom stereocenters. The summed E-state index contributed by atoms with van der Waals surface area (Å²) in [7, 11) is 0.